The predicted octanol–water partition coefficient (Wildman–Crippen LogP) is 0.504. The molecule has 6 heteroatoms. The van der Waals surface area contributed by atoms with Crippen LogP contribution in [-0.2, 0) is 13.1 Å². The molecule has 0 aliphatic rings. The van der Waals surface area contributed by atoms with Gasteiger partial charge in [-0.2, -0.15) is 0 Å². The zero-order valence-corrected chi connectivity index (χ0v) is 10.5. The van der Waals surface area contributed by atoms with Crippen LogP contribution in [0.3, 0.4) is 0 Å². The summed E-state index contributed by atoms with van der Waals surface area (Å²) in [4.78, 5) is 4.43. The fourth-order valence-electron chi connectivity index (χ4n) is 2.01. The van der Waals surface area contributed by atoms with Crippen molar-refractivity contribution in [2.45, 2.75) is 13.1 Å². The standard InChI is InChI=1S/C12H17N3O3/c1-17-10-5-8-9(6-11(10)18-2)15(3-4-16)12(7-13)14-8/h5-6,16H,3-4,7,13H2,1-2H3. The molecule has 0 amide bonds. The van der Waals surface area contributed by atoms with Crippen molar-refractivity contribution in [3.8, 4) is 11.5 Å². The van der Waals surface area contributed by atoms with E-state index in [1.807, 2.05) is 10.6 Å². The maximum atomic E-state index is 9.10. The van der Waals surface area contributed by atoms with Crippen LogP contribution in [0.25, 0.3) is 11.0 Å². The van der Waals surface area contributed by atoms with Crippen molar-refractivity contribution >= 4 is 11.0 Å². The van der Waals surface area contributed by atoms with Gasteiger partial charge < -0.3 is 24.9 Å². The molecule has 2 aromatic rings. The molecule has 0 aliphatic carbocycles. The second kappa shape index (κ2) is 5.24. The lowest BCUT2D eigenvalue weighted by Crippen LogP contribution is -2.10. The van der Waals surface area contributed by atoms with Crippen molar-refractivity contribution < 1.29 is 14.6 Å². The van der Waals surface area contributed by atoms with Crippen molar-refractivity contribution in [3.05, 3.63) is 18.0 Å². The van der Waals surface area contributed by atoms with Crippen LogP contribution in [0.5, 0.6) is 11.5 Å². The lowest BCUT2D eigenvalue weighted by atomic mass is 10.2. The van der Waals surface area contributed by atoms with Crippen molar-refractivity contribution in [2.75, 3.05) is 20.8 Å². The number of aliphatic hydroxyl groups is 1. The summed E-state index contributed by atoms with van der Waals surface area (Å²) in [5.74, 6) is 1.99. The lowest BCUT2D eigenvalue weighted by molar-refractivity contribution is 0.276. The molecule has 0 saturated carbocycles. The number of benzene rings is 1. The molecule has 0 fully saturated rings. The number of imidazole rings is 1. The molecule has 0 saturated heterocycles. The zero-order valence-electron chi connectivity index (χ0n) is 10.5. The van der Waals surface area contributed by atoms with Gasteiger partial charge in [0.1, 0.15) is 5.82 Å². The Bertz CT molecular complexity index is 551. The second-order valence-corrected chi connectivity index (χ2v) is 3.80. The van der Waals surface area contributed by atoms with E-state index in [4.69, 9.17) is 20.3 Å². The average Bonchev–Trinajstić information content (AvgIpc) is 2.75. The number of hydrogen-bond donors (Lipinski definition) is 2. The molecule has 0 bridgehead atoms. The van der Waals surface area contributed by atoms with Crippen molar-refractivity contribution in [2.24, 2.45) is 5.73 Å². The Morgan fingerprint density at radius 3 is 2.50 bits per heavy atom. The van der Waals surface area contributed by atoms with E-state index in [0.717, 1.165) is 16.9 Å². The van der Waals surface area contributed by atoms with E-state index in [1.54, 1.807) is 20.3 Å². The molecule has 0 aliphatic heterocycles. The lowest BCUT2D eigenvalue weighted by Gasteiger charge is -2.09. The first-order valence-electron chi connectivity index (χ1n) is 5.67. The van der Waals surface area contributed by atoms with Crippen LogP contribution in [0.1, 0.15) is 5.82 Å². The highest BCUT2D eigenvalue weighted by atomic mass is 16.5. The highest BCUT2D eigenvalue weighted by molar-refractivity contribution is 5.80. The Morgan fingerprint density at radius 1 is 1.28 bits per heavy atom. The van der Waals surface area contributed by atoms with Gasteiger partial charge in [-0.15, -0.1) is 0 Å². The molecule has 1 aromatic carbocycles. The Kier molecular flexibility index (Phi) is 3.69. The van der Waals surface area contributed by atoms with Crippen LogP contribution < -0.4 is 15.2 Å². The van der Waals surface area contributed by atoms with Gasteiger partial charge in [-0.1, -0.05) is 0 Å². The van der Waals surface area contributed by atoms with Crippen LogP contribution in [0, 0.1) is 0 Å². The molecule has 1 heterocycles. The summed E-state index contributed by atoms with van der Waals surface area (Å²) in [6.45, 7) is 0.810. The minimum Gasteiger partial charge on any atom is -0.493 e. The minimum absolute atomic E-state index is 0.0345. The summed E-state index contributed by atoms with van der Waals surface area (Å²) < 4.78 is 12.4. The summed E-state index contributed by atoms with van der Waals surface area (Å²) in [7, 11) is 3.17. The third-order valence-corrected chi connectivity index (χ3v) is 2.84. The highest BCUT2D eigenvalue weighted by Crippen LogP contribution is 2.32. The normalized spacial score (nSPS) is 10.9. The molecule has 98 valence electrons. The molecular formula is C12H17N3O3. The van der Waals surface area contributed by atoms with Crippen molar-refractivity contribution in [1.29, 1.82) is 0 Å². The molecule has 0 unspecified atom stereocenters. The quantitative estimate of drug-likeness (QED) is 0.808. The predicted molar refractivity (Wildman–Crippen MR) is 67.8 cm³/mol. The first-order valence-corrected chi connectivity index (χ1v) is 5.67. The number of nitrogens with zero attached hydrogens (tertiary/aromatic N) is 2. The van der Waals surface area contributed by atoms with Gasteiger partial charge in [0.25, 0.3) is 0 Å². The summed E-state index contributed by atoms with van der Waals surface area (Å²) in [6, 6.07) is 3.65. The molecule has 0 radical (unpaired) electrons. The number of fused-ring (bicyclic) bond motifs is 1. The van der Waals surface area contributed by atoms with E-state index >= 15 is 0 Å². The van der Waals surface area contributed by atoms with E-state index in [0.29, 0.717) is 24.6 Å². The number of nitrogens with two attached hydrogens (primary N) is 1. The second-order valence-electron chi connectivity index (χ2n) is 3.80. The van der Waals surface area contributed by atoms with Crippen LogP contribution in [-0.4, -0.2) is 35.5 Å². The molecule has 0 atom stereocenters. The summed E-state index contributed by atoms with van der Waals surface area (Å²) >= 11 is 0. The number of aliphatic hydroxyl groups excluding tert-OH is 1. The minimum atomic E-state index is 0.0345. The molecular weight excluding hydrogens is 234 g/mol. The summed E-state index contributed by atoms with van der Waals surface area (Å²) in [5.41, 5.74) is 7.31. The van der Waals surface area contributed by atoms with Gasteiger partial charge in [0.2, 0.25) is 0 Å². The molecule has 2 rings (SSSR count). The summed E-state index contributed by atoms with van der Waals surface area (Å²) in [5, 5.41) is 9.10. The SMILES string of the molecule is COc1cc2nc(CN)n(CCO)c2cc1OC. The van der Waals surface area contributed by atoms with Crippen LogP contribution >= 0.6 is 0 Å². The third kappa shape index (κ3) is 2.00. The largest absolute Gasteiger partial charge is 0.493 e. The van der Waals surface area contributed by atoms with Gasteiger partial charge in [-0.3, -0.25) is 0 Å². The summed E-state index contributed by atoms with van der Waals surface area (Å²) in [6.07, 6.45) is 0. The van der Waals surface area contributed by atoms with Gasteiger partial charge in [0.15, 0.2) is 11.5 Å². The molecule has 3 N–H and O–H groups in total. The van der Waals surface area contributed by atoms with Gasteiger partial charge in [0, 0.05) is 18.7 Å². The maximum absolute atomic E-state index is 9.10. The average molecular weight is 251 g/mol. The third-order valence-electron chi connectivity index (χ3n) is 2.84. The number of rotatable bonds is 5. The Balaban J connectivity index is 2.66. The molecule has 6 nitrogen and oxygen atoms in total. The van der Waals surface area contributed by atoms with Crippen LogP contribution in [0.4, 0.5) is 0 Å². The number of methoxy groups -OCH3 is 2. The first kappa shape index (κ1) is 12.7. The fraction of sp³-hybridized carbons (Fsp3) is 0.417. The maximum Gasteiger partial charge on any atom is 0.163 e. The Hall–Kier alpha value is -1.79. The Morgan fingerprint density at radius 2 is 1.94 bits per heavy atom. The van der Waals surface area contributed by atoms with Crippen molar-refractivity contribution in [1.82, 2.24) is 9.55 Å². The van der Waals surface area contributed by atoms with Crippen LogP contribution in [0.15, 0.2) is 12.1 Å². The van der Waals surface area contributed by atoms with Gasteiger partial charge in [0.05, 0.1) is 38.4 Å². The van der Waals surface area contributed by atoms with Gasteiger partial charge >= 0.3 is 0 Å². The van der Waals surface area contributed by atoms with E-state index in [2.05, 4.69) is 4.98 Å². The molecule has 18 heavy (non-hydrogen) atoms. The molecule has 1 aromatic heterocycles. The highest BCUT2D eigenvalue weighted by Gasteiger charge is 2.13. The van der Waals surface area contributed by atoms with Gasteiger partial charge in [-0.25, -0.2) is 4.98 Å². The number of hydrogen-bond acceptors (Lipinski definition) is 5. The van der Waals surface area contributed by atoms with Gasteiger partial charge in [-0.05, 0) is 0 Å². The van der Waals surface area contributed by atoms with E-state index in [-0.39, 0.29) is 6.61 Å². The smallest absolute Gasteiger partial charge is 0.163 e. The van der Waals surface area contributed by atoms with Crippen LogP contribution in [0.2, 0.25) is 0 Å². The first-order chi connectivity index (χ1) is 8.74. The monoisotopic (exact) mass is 251 g/mol. The molecule has 0 spiro atoms. The van der Waals surface area contributed by atoms with E-state index in [9.17, 15) is 0 Å². The van der Waals surface area contributed by atoms with E-state index < -0.39 is 0 Å². The van der Waals surface area contributed by atoms with E-state index in [1.165, 1.54) is 0 Å². The Labute approximate surface area is 105 Å². The number of ether oxygens (including phenoxy) is 2. The number of aromatic nitrogens is 2. The topological polar surface area (TPSA) is 82.5 Å². The fourth-order valence-corrected chi connectivity index (χ4v) is 2.01. The van der Waals surface area contributed by atoms with Crippen molar-refractivity contribution in [3.63, 3.8) is 0 Å². The zero-order chi connectivity index (χ0) is 13.1.